The average molecular weight is 341 g/mol. The van der Waals surface area contributed by atoms with Gasteiger partial charge in [0.2, 0.25) is 0 Å². The molecule has 2 rings (SSSR count). The molecule has 0 saturated carbocycles. The topological polar surface area (TPSA) is 69.6 Å². The van der Waals surface area contributed by atoms with E-state index < -0.39 is 5.97 Å². The van der Waals surface area contributed by atoms with E-state index in [1.165, 1.54) is 6.07 Å². The van der Waals surface area contributed by atoms with Gasteiger partial charge in [-0.3, -0.25) is 0 Å². The minimum absolute atomic E-state index is 0.0809. The van der Waals surface area contributed by atoms with E-state index in [4.69, 9.17) is 0 Å². The summed E-state index contributed by atoms with van der Waals surface area (Å²) in [5.41, 5.74) is 0.389. The maximum atomic E-state index is 12.3. The fraction of sp³-hybridized carbons (Fsp3) is 0.429. The number of hydrogen-bond donors (Lipinski definition) is 2. The van der Waals surface area contributed by atoms with Gasteiger partial charge in [0.05, 0.1) is 11.3 Å². The van der Waals surface area contributed by atoms with Crippen molar-refractivity contribution in [3.63, 3.8) is 0 Å². The van der Waals surface area contributed by atoms with Crippen molar-refractivity contribution in [2.45, 2.75) is 32.2 Å². The Kier molecular flexibility index (Phi) is 4.65. The molecular formula is C14H17BrN2O3. The monoisotopic (exact) mass is 340 g/mol. The summed E-state index contributed by atoms with van der Waals surface area (Å²) in [7, 11) is 0. The number of carboxylic acid groups (broad SMARTS) is 1. The predicted octanol–water partition coefficient (Wildman–Crippen LogP) is 3.55. The van der Waals surface area contributed by atoms with Crippen LogP contribution in [0, 0.1) is 0 Å². The molecule has 1 atom stereocenters. The number of para-hydroxylation sites is 1. The van der Waals surface area contributed by atoms with Gasteiger partial charge in [-0.15, -0.1) is 0 Å². The van der Waals surface area contributed by atoms with Gasteiger partial charge >= 0.3 is 12.0 Å². The molecule has 1 fully saturated rings. The number of anilines is 1. The summed E-state index contributed by atoms with van der Waals surface area (Å²) in [5.74, 6) is -1.06. The molecule has 2 amide bonds. The van der Waals surface area contributed by atoms with Crippen molar-refractivity contribution in [1.82, 2.24) is 4.90 Å². The highest BCUT2D eigenvalue weighted by Gasteiger charge is 2.25. The molecule has 0 radical (unpaired) electrons. The summed E-state index contributed by atoms with van der Waals surface area (Å²) < 4.78 is 0.565. The van der Waals surface area contributed by atoms with Crippen LogP contribution in [0.5, 0.6) is 0 Å². The van der Waals surface area contributed by atoms with Crippen LogP contribution in [0.15, 0.2) is 22.7 Å². The summed E-state index contributed by atoms with van der Waals surface area (Å²) in [4.78, 5) is 25.3. The van der Waals surface area contributed by atoms with Crippen LogP contribution >= 0.6 is 15.9 Å². The van der Waals surface area contributed by atoms with E-state index in [1.54, 1.807) is 17.0 Å². The normalized spacial score (nSPS) is 18.7. The number of piperidine rings is 1. The van der Waals surface area contributed by atoms with E-state index in [1.807, 2.05) is 6.92 Å². The van der Waals surface area contributed by atoms with Crippen molar-refractivity contribution < 1.29 is 14.7 Å². The lowest BCUT2D eigenvalue weighted by Gasteiger charge is -2.33. The molecule has 1 aliphatic rings. The predicted molar refractivity (Wildman–Crippen MR) is 80.1 cm³/mol. The molecule has 1 unspecified atom stereocenters. The van der Waals surface area contributed by atoms with E-state index >= 15 is 0 Å². The highest BCUT2D eigenvalue weighted by atomic mass is 79.9. The number of carbonyl (C=O) groups excluding carboxylic acids is 1. The Hall–Kier alpha value is -1.56. The summed E-state index contributed by atoms with van der Waals surface area (Å²) in [6.45, 7) is 2.72. The first-order chi connectivity index (χ1) is 9.50. The zero-order chi connectivity index (χ0) is 14.7. The number of benzene rings is 1. The number of rotatable bonds is 2. The summed E-state index contributed by atoms with van der Waals surface area (Å²) in [6.07, 6.45) is 3.09. The van der Waals surface area contributed by atoms with Crippen molar-refractivity contribution in [1.29, 1.82) is 0 Å². The summed E-state index contributed by atoms with van der Waals surface area (Å²) in [6, 6.07) is 4.75. The number of nitrogens with zero attached hydrogens (tertiary/aromatic N) is 1. The van der Waals surface area contributed by atoms with Gasteiger partial charge in [0, 0.05) is 17.1 Å². The van der Waals surface area contributed by atoms with Crippen molar-refractivity contribution >= 4 is 33.6 Å². The fourth-order valence-corrected chi connectivity index (χ4v) is 2.87. The van der Waals surface area contributed by atoms with Crippen molar-refractivity contribution in [3.05, 3.63) is 28.2 Å². The number of urea groups is 1. The number of halogens is 1. The molecule has 1 heterocycles. The number of carboxylic acids is 1. The maximum absolute atomic E-state index is 12.3. The first-order valence-corrected chi connectivity index (χ1v) is 7.39. The molecule has 5 nitrogen and oxygen atoms in total. The Morgan fingerprint density at radius 3 is 2.80 bits per heavy atom. The SMILES string of the molecule is CC1CCCCN1C(=O)Nc1c(Br)cccc1C(=O)O. The number of amides is 2. The van der Waals surface area contributed by atoms with Gasteiger partial charge in [-0.1, -0.05) is 6.07 Å². The lowest BCUT2D eigenvalue weighted by atomic mass is 10.0. The quantitative estimate of drug-likeness (QED) is 0.864. The highest BCUT2D eigenvalue weighted by Crippen LogP contribution is 2.27. The molecule has 20 heavy (non-hydrogen) atoms. The largest absolute Gasteiger partial charge is 0.478 e. The van der Waals surface area contributed by atoms with Gasteiger partial charge in [-0.25, -0.2) is 9.59 Å². The minimum Gasteiger partial charge on any atom is -0.478 e. The van der Waals surface area contributed by atoms with Crippen molar-refractivity contribution in [2.24, 2.45) is 0 Å². The molecule has 1 aromatic rings. The molecule has 6 heteroatoms. The van der Waals surface area contributed by atoms with Crippen LogP contribution in [0.25, 0.3) is 0 Å². The van der Waals surface area contributed by atoms with E-state index in [9.17, 15) is 14.7 Å². The number of likely N-dealkylation sites (tertiary alicyclic amines) is 1. The van der Waals surface area contributed by atoms with Crippen LogP contribution < -0.4 is 5.32 Å². The number of aromatic carboxylic acids is 1. The minimum atomic E-state index is -1.06. The van der Waals surface area contributed by atoms with Gasteiger partial charge in [0.15, 0.2) is 0 Å². The third-order valence-electron chi connectivity index (χ3n) is 3.54. The van der Waals surface area contributed by atoms with Crippen LogP contribution in [0.1, 0.15) is 36.5 Å². The fourth-order valence-electron chi connectivity index (χ4n) is 2.41. The van der Waals surface area contributed by atoms with Gasteiger partial charge in [-0.2, -0.15) is 0 Å². The second kappa shape index (κ2) is 6.26. The zero-order valence-corrected chi connectivity index (χ0v) is 12.8. The second-order valence-electron chi connectivity index (χ2n) is 4.94. The van der Waals surface area contributed by atoms with Gasteiger partial charge < -0.3 is 15.3 Å². The Morgan fingerprint density at radius 2 is 2.15 bits per heavy atom. The van der Waals surface area contributed by atoms with Crippen LogP contribution in [-0.4, -0.2) is 34.6 Å². The molecular weight excluding hydrogens is 324 g/mol. The van der Waals surface area contributed by atoms with E-state index in [0.29, 0.717) is 16.7 Å². The van der Waals surface area contributed by atoms with E-state index in [-0.39, 0.29) is 17.6 Å². The maximum Gasteiger partial charge on any atom is 0.337 e. The average Bonchev–Trinajstić information content (AvgIpc) is 2.41. The van der Waals surface area contributed by atoms with Gasteiger partial charge in [0.25, 0.3) is 0 Å². The smallest absolute Gasteiger partial charge is 0.337 e. The van der Waals surface area contributed by atoms with Gasteiger partial charge in [-0.05, 0) is 54.2 Å². The third-order valence-corrected chi connectivity index (χ3v) is 4.20. The van der Waals surface area contributed by atoms with Crippen molar-refractivity contribution in [3.8, 4) is 0 Å². The molecule has 108 valence electrons. The van der Waals surface area contributed by atoms with Crippen LogP contribution in [0.2, 0.25) is 0 Å². The lowest BCUT2D eigenvalue weighted by molar-refractivity contribution is 0.0698. The standard InChI is InChI=1S/C14H17BrN2O3/c1-9-5-2-3-8-17(9)14(20)16-12-10(13(18)19)6-4-7-11(12)15/h4,6-7,9H,2-3,5,8H2,1H3,(H,16,20)(H,18,19). The molecule has 0 bridgehead atoms. The molecule has 1 aliphatic heterocycles. The molecule has 0 aliphatic carbocycles. The van der Waals surface area contributed by atoms with Crippen molar-refractivity contribution in [2.75, 3.05) is 11.9 Å². The van der Waals surface area contributed by atoms with E-state index in [2.05, 4.69) is 21.2 Å². The van der Waals surface area contributed by atoms with E-state index in [0.717, 1.165) is 19.3 Å². The molecule has 1 saturated heterocycles. The molecule has 1 aromatic carbocycles. The Labute approximate surface area is 126 Å². The first kappa shape index (κ1) is 14.8. The second-order valence-corrected chi connectivity index (χ2v) is 5.79. The lowest BCUT2D eigenvalue weighted by Crippen LogP contribution is -2.44. The Bertz CT molecular complexity index is 533. The number of hydrogen-bond acceptors (Lipinski definition) is 2. The summed E-state index contributed by atoms with van der Waals surface area (Å²) in [5, 5.41) is 11.9. The van der Waals surface area contributed by atoms with Gasteiger partial charge in [0.1, 0.15) is 0 Å². The molecule has 0 spiro atoms. The van der Waals surface area contributed by atoms with Crippen LogP contribution in [0.3, 0.4) is 0 Å². The highest BCUT2D eigenvalue weighted by molar-refractivity contribution is 9.10. The molecule has 2 N–H and O–H groups in total. The van der Waals surface area contributed by atoms with Crippen LogP contribution in [0.4, 0.5) is 10.5 Å². The first-order valence-electron chi connectivity index (χ1n) is 6.60. The Morgan fingerprint density at radius 1 is 1.40 bits per heavy atom. The molecule has 0 aromatic heterocycles. The summed E-state index contributed by atoms with van der Waals surface area (Å²) >= 11 is 3.29. The number of nitrogens with one attached hydrogen (secondary N) is 1. The Balaban J connectivity index is 2.21. The number of carbonyl (C=O) groups is 2. The zero-order valence-electron chi connectivity index (χ0n) is 11.2. The van der Waals surface area contributed by atoms with Crippen LogP contribution in [-0.2, 0) is 0 Å². The third kappa shape index (κ3) is 3.12.